The number of carbonyl (C=O) groups excluding carboxylic acids is 1. The molecule has 2 aromatic rings. The van der Waals surface area contributed by atoms with Crippen LogP contribution in [-0.2, 0) is 11.0 Å². The first-order chi connectivity index (χ1) is 13.3. The summed E-state index contributed by atoms with van der Waals surface area (Å²) in [6, 6.07) is 5.50. The Morgan fingerprint density at radius 2 is 1.93 bits per heavy atom. The molecule has 0 saturated carbocycles. The molecule has 10 heteroatoms. The first-order valence-corrected chi connectivity index (χ1v) is 8.96. The number of hydrogen-bond acceptors (Lipinski definition) is 6. The molecular formula is C18H18F3N3O3S. The highest BCUT2D eigenvalue weighted by molar-refractivity contribution is 7.99. The summed E-state index contributed by atoms with van der Waals surface area (Å²) >= 11 is 0.811. The normalized spacial score (nSPS) is 11.0. The lowest BCUT2D eigenvalue weighted by molar-refractivity contribution is -0.141. The van der Waals surface area contributed by atoms with E-state index in [-0.39, 0.29) is 29.1 Å². The van der Waals surface area contributed by atoms with E-state index in [4.69, 9.17) is 9.47 Å². The third-order valence-electron chi connectivity index (χ3n) is 3.45. The maximum atomic E-state index is 13.3. The van der Waals surface area contributed by atoms with Crippen LogP contribution in [0.1, 0.15) is 5.69 Å². The summed E-state index contributed by atoms with van der Waals surface area (Å²) in [7, 11) is 2.88. The third-order valence-corrected chi connectivity index (χ3v) is 4.30. The van der Waals surface area contributed by atoms with Crippen LogP contribution in [0.4, 0.5) is 13.2 Å². The smallest absolute Gasteiger partial charge is 0.433 e. The van der Waals surface area contributed by atoms with Gasteiger partial charge in [0.15, 0.2) is 16.7 Å². The Balaban J connectivity index is 2.38. The van der Waals surface area contributed by atoms with Gasteiger partial charge in [-0.25, -0.2) is 9.97 Å². The third kappa shape index (κ3) is 5.62. The van der Waals surface area contributed by atoms with Gasteiger partial charge < -0.3 is 14.8 Å². The van der Waals surface area contributed by atoms with E-state index < -0.39 is 11.9 Å². The zero-order chi connectivity index (χ0) is 20.7. The molecule has 0 spiro atoms. The molecule has 1 aromatic heterocycles. The summed E-state index contributed by atoms with van der Waals surface area (Å²) in [5.74, 6) is 0.300. The summed E-state index contributed by atoms with van der Waals surface area (Å²) in [4.78, 5) is 19.4. The highest BCUT2D eigenvalue weighted by Crippen LogP contribution is 2.35. The van der Waals surface area contributed by atoms with E-state index >= 15 is 0 Å². The molecule has 0 aliphatic carbocycles. The van der Waals surface area contributed by atoms with E-state index in [0.29, 0.717) is 17.1 Å². The first kappa shape index (κ1) is 21.5. The maximum absolute atomic E-state index is 13.3. The van der Waals surface area contributed by atoms with Gasteiger partial charge in [-0.2, -0.15) is 13.2 Å². The molecule has 0 unspecified atom stereocenters. The number of thioether (sulfide) groups is 1. The number of benzene rings is 1. The fourth-order valence-corrected chi connectivity index (χ4v) is 2.83. The number of hydrogen-bond donors (Lipinski definition) is 1. The van der Waals surface area contributed by atoms with E-state index in [1.807, 2.05) is 0 Å². The lowest BCUT2D eigenvalue weighted by Gasteiger charge is -2.12. The van der Waals surface area contributed by atoms with E-state index in [0.717, 1.165) is 17.8 Å². The number of rotatable bonds is 8. The Bertz CT molecular complexity index is 860. The molecule has 0 aliphatic heterocycles. The molecule has 2 rings (SSSR count). The fourth-order valence-electron chi connectivity index (χ4n) is 2.15. The highest BCUT2D eigenvalue weighted by Gasteiger charge is 2.34. The minimum atomic E-state index is -4.66. The molecule has 1 amide bonds. The van der Waals surface area contributed by atoms with Crippen molar-refractivity contribution in [2.45, 2.75) is 11.3 Å². The number of aromatic nitrogens is 2. The van der Waals surface area contributed by atoms with Gasteiger partial charge >= 0.3 is 6.18 Å². The zero-order valence-corrected chi connectivity index (χ0v) is 16.0. The van der Waals surface area contributed by atoms with E-state index in [9.17, 15) is 18.0 Å². The standard InChI is InChI=1S/C18H18F3N3O3S/c1-4-7-22-16(25)10-28-17-23-12(9-15(24-17)18(19,20)21)11-5-6-13(26-2)14(8-11)27-3/h4-6,8-9H,1,7,10H2,2-3H3,(H,22,25). The van der Waals surface area contributed by atoms with Gasteiger partial charge in [-0.15, -0.1) is 6.58 Å². The molecule has 0 saturated heterocycles. The average molecular weight is 413 g/mol. The molecule has 0 bridgehead atoms. The maximum Gasteiger partial charge on any atom is 0.433 e. The Labute approximate surface area is 164 Å². The van der Waals surface area contributed by atoms with Crippen LogP contribution in [0.25, 0.3) is 11.3 Å². The molecule has 6 nitrogen and oxygen atoms in total. The van der Waals surface area contributed by atoms with E-state index in [1.165, 1.54) is 26.4 Å². The number of methoxy groups -OCH3 is 2. The van der Waals surface area contributed by atoms with Gasteiger partial charge in [0.1, 0.15) is 5.69 Å². The fraction of sp³-hybridized carbons (Fsp3) is 0.278. The second-order valence-corrected chi connectivity index (χ2v) is 6.31. The van der Waals surface area contributed by atoms with Crippen molar-refractivity contribution >= 4 is 17.7 Å². The topological polar surface area (TPSA) is 73.3 Å². The molecule has 0 radical (unpaired) electrons. The first-order valence-electron chi connectivity index (χ1n) is 7.97. The Kier molecular flexibility index (Phi) is 7.27. The number of nitrogens with zero attached hydrogens (tertiary/aromatic N) is 2. The van der Waals surface area contributed by atoms with Crippen LogP contribution in [-0.4, -0.2) is 42.4 Å². The lowest BCUT2D eigenvalue weighted by Crippen LogP contribution is -2.25. The summed E-state index contributed by atoms with van der Waals surface area (Å²) < 4.78 is 50.1. The summed E-state index contributed by atoms with van der Waals surface area (Å²) in [5, 5.41) is 2.38. The lowest BCUT2D eigenvalue weighted by atomic mass is 10.1. The quantitative estimate of drug-likeness (QED) is 0.405. The van der Waals surface area contributed by atoms with Crippen LogP contribution < -0.4 is 14.8 Å². The van der Waals surface area contributed by atoms with Crippen LogP contribution in [0.15, 0.2) is 42.1 Å². The van der Waals surface area contributed by atoms with Crippen molar-refractivity contribution in [2.75, 3.05) is 26.5 Å². The van der Waals surface area contributed by atoms with Gasteiger partial charge in [0, 0.05) is 12.1 Å². The largest absolute Gasteiger partial charge is 0.493 e. The number of halogens is 3. The minimum absolute atomic E-state index is 0.0530. The number of nitrogens with one attached hydrogen (secondary N) is 1. The Morgan fingerprint density at radius 3 is 2.54 bits per heavy atom. The Morgan fingerprint density at radius 1 is 1.21 bits per heavy atom. The van der Waals surface area contributed by atoms with Crippen LogP contribution in [0.3, 0.4) is 0 Å². The van der Waals surface area contributed by atoms with Crippen molar-refractivity contribution in [3.63, 3.8) is 0 Å². The van der Waals surface area contributed by atoms with Gasteiger partial charge in [-0.3, -0.25) is 4.79 Å². The van der Waals surface area contributed by atoms with Gasteiger partial charge in [-0.1, -0.05) is 17.8 Å². The van der Waals surface area contributed by atoms with Gasteiger partial charge in [-0.05, 0) is 24.3 Å². The molecule has 150 valence electrons. The molecule has 0 fully saturated rings. The number of ether oxygens (including phenoxy) is 2. The van der Waals surface area contributed by atoms with Crippen LogP contribution in [0.5, 0.6) is 11.5 Å². The van der Waals surface area contributed by atoms with E-state index in [2.05, 4.69) is 21.9 Å². The van der Waals surface area contributed by atoms with Crippen molar-refractivity contribution < 1.29 is 27.4 Å². The Hall–Kier alpha value is -2.75. The summed E-state index contributed by atoms with van der Waals surface area (Å²) in [6.07, 6.45) is -3.16. The van der Waals surface area contributed by atoms with Crippen molar-refractivity contribution in [2.24, 2.45) is 0 Å². The predicted octanol–water partition coefficient (Wildman–Crippen LogP) is 3.57. The van der Waals surface area contributed by atoms with Crippen molar-refractivity contribution in [1.82, 2.24) is 15.3 Å². The molecule has 0 atom stereocenters. The van der Waals surface area contributed by atoms with Gasteiger partial charge in [0.2, 0.25) is 5.91 Å². The average Bonchev–Trinajstić information content (AvgIpc) is 2.69. The molecule has 1 heterocycles. The molecular weight excluding hydrogens is 395 g/mol. The van der Waals surface area contributed by atoms with E-state index in [1.54, 1.807) is 12.1 Å². The second-order valence-electron chi connectivity index (χ2n) is 5.37. The minimum Gasteiger partial charge on any atom is -0.493 e. The van der Waals surface area contributed by atoms with Crippen LogP contribution in [0, 0.1) is 0 Å². The number of carbonyl (C=O) groups is 1. The molecule has 1 aromatic carbocycles. The van der Waals surface area contributed by atoms with Crippen molar-refractivity contribution in [3.05, 3.63) is 42.6 Å². The van der Waals surface area contributed by atoms with Gasteiger partial charge in [0.25, 0.3) is 0 Å². The molecule has 0 aliphatic rings. The molecule has 1 N–H and O–H groups in total. The highest BCUT2D eigenvalue weighted by atomic mass is 32.2. The SMILES string of the molecule is C=CCNC(=O)CSc1nc(-c2ccc(OC)c(OC)c2)cc(C(F)(F)F)n1. The summed E-state index contributed by atoms with van der Waals surface area (Å²) in [5.41, 5.74) is -0.651. The van der Waals surface area contributed by atoms with Crippen LogP contribution in [0.2, 0.25) is 0 Å². The number of alkyl halides is 3. The van der Waals surface area contributed by atoms with Gasteiger partial charge in [0.05, 0.1) is 25.7 Å². The zero-order valence-electron chi connectivity index (χ0n) is 15.2. The van der Waals surface area contributed by atoms with Crippen molar-refractivity contribution in [1.29, 1.82) is 0 Å². The number of amides is 1. The monoisotopic (exact) mass is 413 g/mol. The van der Waals surface area contributed by atoms with Crippen molar-refractivity contribution in [3.8, 4) is 22.8 Å². The van der Waals surface area contributed by atoms with Crippen LogP contribution >= 0.6 is 11.8 Å². The summed E-state index contributed by atoms with van der Waals surface area (Å²) in [6.45, 7) is 3.73. The molecule has 28 heavy (non-hydrogen) atoms. The second kappa shape index (κ2) is 9.45. The predicted molar refractivity (Wildman–Crippen MR) is 99.5 cm³/mol.